The molecule has 172 valence electrons. The number of hydrogen-bond acceptors (Lipinski definition) is 6. The molecule has 1 fully saturated rings. The molecule has 1 N–H and O–H groups in total. The highest BCUT2D eigenvalue weighted by molar-refractivity contribution is 5.95. The highest BCUT2D eigenvalue weighted by atomic mass is 16.5. The van der Waals surface area contributed by atoms with Crippen molar-refractivity contribution in [2.24, 2.45) is 0 Å². The number of carbonyl (C=O) groups is 3. The van der Waals surface area contributed by atoms with E-state index in [-0.39, 0.29) is 24.2 Å². The molecule has 0 radical (unpaired) electrons. The second-order valence-electron chi connectivity index (χ2n) is 7.91. The average Bonchev–Trinajstić information content (AvgIpc) is 3.57. The number of fused-ring (bicyclic) bond motifs is 1. The summed E-state index contributed by atoms with van der Waals surface area (Å²) < 4.78 is 10.4. The van der Waals surface area contributed by atoms with Gasteiger partial charge in [-0.2, -0.15) is 0 Å². The molecule has 2 aromatic heterocycles. The first-order valence-electron chi connectivity index (χ1n) is 10.9. The van der Waals surface area contributed by atoms with E-state index in [1.54, 1.807) is 40.1 Å². The third-order valence-corrected chi connectivity index (χ3v) is 5.74. The second-order valence-corrected chi connectivity index (χ2v) is 7.91. The van der Waals surface area contributed by atoms with Crippen molar-refractivity contribution < 1.29 is 23.5 Å². The zero-order valence-corrected chi connectivity index (χ0v) is 18.3. The van der Waals surface area contributed by atoms with Crippen molar-refractivity contribution >= 4 is 28.8 Å². The molecule has 0 saturated carbocycles. The van der Waals surface area contributed by atoms with Crippen LogP contribution in [0.5, 0.6) is 0 Å². The van der Waals surface area contributed by atoms with Crippen molar-refractivity contribution in [3.05, 3.63) is 78.3 Å². The van der Waals surface area contributed by atoms with Gasteiger partial charge >= 0.3 is 5.97 Å². The number of carbonyl (C=O) groups excluding carboxylic acids is 3. The van der Waals surface area contributed by atoms with Gasteiger partial charge in [0.25, 0.3) is 11.8 Å². The number of hydrogen-bond donors (Lipinski definition) is 1. The Morgan fingerprint density at radius 3 is 2.44 bits per heavy atom. The zero-order valence-electron chi connectivity index (χ0n) is 18.3. The van der Waals surface area contributed by atoms with Gasteiger partial charge in [-0.1, -0.05) is 30.3 Å². The SMILES string of the molecule is O=C(OCC(=O)N1CCN(C(=O)c2ccco2)CC1)c1ccc2nc(-c3ccccc3)[nH]c2c1. The van der Waals surface area contributed by atoms with Gasteiger partial charge in [-0.05, 0) is 30.3 Å². The number of rotatable bonds is 5. The molecule has 9 nitrogen and oxygen atoms in total. The Balaban J connectivity index is 1.16. The van der Waals surface area contributed by atoms with Crippen LogP contribution in [0.15, 0.2) is 71.3 Å². The molecule has 1 saturated heterocycles. The molecule has 1 aliphatic heterocycles. The van der Waals surface area contributed by atoms with E-state index in [2.05, 4.69) is 9.97 Å². The van der Waals surface area contributed by atoms with Crippen molar-refractivity contribution in [1.29, 1.82) is 0 Å². The standard InChI is InChI=1S/C25H22N4O5/c30-22(28-10-12-29(13-11-28)24(31)21-7-4-14-33-21)16-34-25(32)18-8-9-19-20(15-18)27-23(26-19)17-5-2-1-3-6-17/h1-9,14-15H,10-13,16H2,(H,26,27). The van der Waals surface area contributed by atoms with Crippen LogP contribution in [0.4, 0.5) is 0 Å². The number of esters is 1. The number of H-pyrrole nitrogens is 1. The fraction of sp³-hybridized carbons (Fsp3) is 0.200. The normalized spacial score (nSPS) is 13.8. The Morgan fingerprint density at radius 2 is 1.71 bits per heavy atom. The van der Waals surface area contributed by atoms with E-state index in [1.165, 1.54) is 6.26 Å². The first-order chi connectivity index (χ1) is 16.6. The van der Waals surface area contributed by atoms with Crippen LogP contribution in [0.2, 0.25) is 0 Å². The summed E-state index contributed by atoms with van der Waals surface area (Å²) in [5, 5.41) is 0. The minimum absolute atomic E-state index is 0.201. The van der Waals surface area contributed by atoms with Crippen LogP contribution in [-0.4, -0.2) is 70.3 Å². The molecule has 0 bridgehead atoms. The summed E-state index contributed by atoms with van der Waals surface area (Å²) in [6.07, 6.45) is 1.45. The maximum Gasteiger partial charge on any atom is 0.338 e. The van der Waals surface area contributed by atoms with E-state index in [0.717, 1.165) is 11.1 Å². The summed E-state index contributed by atoms with van der Waals surface area (Å²) in [7, 11) is 0. The van der Waals surface area contributed by atoms with Crippen molar-refractivity contribution in [3.8, 4) is 11.4 Å². The predicted octanol–water partition coefficient (Wildman–Crippen LogP) is 2.96. The number of nitrogens with one attached hydrogen (secondary N) is 1. The van der Waals surface area contributed by atoms with Crippen LogP contribution in [0, 0.1) is 0 Å². The number of aromatic nitrogens is 2. The largest absolute Gasteiger partial charge is 0.459 e. The number of imidazole rings is 1. The minimum atomic E-state index is -0.585. The van der Waals surface area contributed by atoms with E-state index in [0.29, 0.717) is 43.1 Å². The molecule has 34 heavy (non-hydrogen) atoms. The van der Waals surface area contributed by atoms with Crippen LogP contribution < -0.4 is 0 Å². The first kappa shape index (κ1) is 21.4. The predicted molar refractivity (Wildman–Crippen MR) is 123 cm³/mol. The van der Waals surface area contributed by atoms with Gasteiger partial charge in [-0.3, -0.25) is 9.59 Å². The smallest absolute Gasteiger partial charge is 0.338 e. The quantitative estimate of drug-likeness (QED) is 0.461. The van der Waals surface area contributed by atoms with Gasteiger partial charge in [0, 0.05) is 31.7 Å². The summed E-state index contributed by atoms with van der Waals surface area (Å²) in [6.45, 7) is 1.15. The van der Waals surface area contributed by atoms with Crippen molar-refractivity contribution in [2.75, 3.05) is 32.8 Å². The number of benzene rings is 2. The fourth-order valence-corrected chi connectivity index (χ4v) is 3.89. The number of ether oxygens (including phenoxy) is 1. The molecule has 0 spiro atoms. The van der Waals surface area contributed by atoms with E-state index in [9.17, 15) is 14.4 Å². The van der Waals surface area contributed by atoms with Gasteiger partial charge in [0.2, 0.25) is 0 Å². The van der Waals surface area contributed by atoms with Crippen molar-refractivity contribution in [1.82, 2.24) is 19.8 Å². The highest BCUT2D eigenvalue weighted by Crippen LogP contribution is 2.21. The molecular weight excluding hydrogens is 436 g/mol. The first-order valence-corrected chi connectivity index (χ1v) is 10.9. The fourth-order valence-electron chi connectivity index (χ4n) is 3.89. The monoisotopic (exact) mass is 458 g/mol. The summed E-state index contributed by atoms with van der Waals surface area (Å²) >= 11 is 0. The second kappa shape index (κ2) is 9.22. The molecule has 3 heterocycles. The molecule has 0 atom stereocenters. The summed E-state index contributed by atoms with van der Waals surface area (Å²) in [4.78, 5) is 48.4. The molecule has 5 rings (SSSR count). The van der Waals surface area contributed by atoms with Crippen molar-refractivity contribution in [2.45, 2.75) is 0 Å². The Morgan fingerprint density at radius 1 is 0.941 bits per heavy atom. The van der Waals surface area contributed by atoms with E-state index in [4.69, 9.17) is 9.15 Å². The molecule has 2 amide bonds. The highest BCUT2D eigenvalue weighted by Gasteiger charge is 2.26. The zero-order chi connectivity index (χ0) is 23.5. The molecule has 4 aromatic rings. The Bertz CT molecular complexity index is 1320. The summed E-state index contributed by atoms with van der Waals surface area (Å²) in [5.41, 5.74) is 2.71. The number of aromatic amines is 1. The maximum atomic E-state index is 12.5. The van der Waals surface area contributed by atoms with Crippen LogP contribution in [0.3, 0.4) is 0 Å². The minimum Gasteiger partial charge on any atom is -0.459 e. The molecule has 0 unspecified atom stereocenters. The van der Waals surface area contributed by atoms with E-state index >= 15 is 0 Å². The van der Waals surface area contributed by atoms with Gasteiger partial charge in [-0.15, -0.1) is 0 Å². The van der Waals surface area contributed by atoms with Crippen LogP contribution >= 0.6 is 0 Å². The van der Waals surface area contributed by atoms with E-state index in [1.807, 2.05) is 30.3 Å². The van der Waals surface area contributed by atoms with Gasteiger partial charge in [0.05, 0.1) is 22.9 Å². The lowest BCUT2D eigenvalue weighted by Crippen LogP contribution is -2.51. The Hall–Kier alpha value is -4.40. The van der Waals surface area contributed by atoms with E-state index < -0.39 is 5.97 Å². The van der Waals surface area contributed by atoms with Gasteiger partial charge in [0.1, 0.15) is 5.82 Å². The number of nitrogens with zero attached hydrogens (tertiary/aromatic N) is 3. The van der Waals surface area contributed by atoms with Crippen molar-refractivity contribution in [3.63, 3.8) is 0 Å². The molecule has 1 aliphatic rings. The number of amides is 2. The Labute approximate surface area is 194 Å². The molecule has 2 aromatic carbocycles. The van der Waals surface area contributed by atoms with Gasteiger partial charge in [0.15, 0.2) is 12.4 Å². The maximum absolute atomic E-state index is 12.5. The molecule has 0 aliphatic carbocycles. The third-order valence-electron chi connectivity index (χ3n) is 5.74. The molecular formula is C25H22N4O5. The van der Waals surface area contributed by atoms with Crippen LogP contribution in [0.1, 0.15) is 20.9 Å². The lowest BCUT2D eigenvalue weighted by atomic mass is 10.2. The lowest BCUT2D eigenvalue weighted by molar-refractivity contribution is -0.136. The average molecular weight is 458 g/mol. The van der Waals surface area contributed by atoms with Crippen LogP contribution in [0.25, 0.3) is 22.4 Å². The number of furan rings is 1. The van der Waals surface area contributed by atoms with Gasteiger partial charge in [-0.25, -0.2) is 9.78 Å². The summed E-state index contributed by atoms with van der Waals surface area (Å²) in [5.74, 6) is -0.0990. The van der Waals surface area contributed by atoms with Gasteiger partial charge < -0.3 is 23.9 Å². The van der Waals surface area contributed by atoms with Crippen LogP contribution in [-0.2, 0) is 9.53 Å². The lowest BCUT2D eigenvalue weighted by Gasteiger charge is -2.34. The topological polar surface area (TPSA) is 109 Å². The third kappa shape index (κ3) is 4.40. The summed E-state index contributed by atoms with van der Waals surface area (Å²) in [6, 6.07) is 18.0. The molecule has 9 heteroatoms. The number of piperazine rings is 1. The Kier molecular flexibility index (Phi) is 5.82.